The quantitative estimate of drug-likeness (QED) is 0.269. The van der Waals surface area contributed by atoms with Gasteiger partial charge < -0.3 is 19.1 Å². The molecule has 208 valence electrons. The summed E-state index contributed by atoms with van der Waals surface area (Å²) in [6, 6.07) is 15.9. The predicted octanol–water partition coefficient (Wildman–Crippen LogP) is 7.12. The summed E-state index contributed by atoms with van der Waals surface area (Å²) in [5.41, 5.74) is 2.79. The molecule has 0 aliphatic heterocycles. The first-order chi connectivity index (χ1) is 18.5. The number of nitrogens with zero attached hydrogens (tertiary/aromatic N) is 1. The first-order valence-electron chi connectivity index (χ1n) is 12.4. The van der Waals surface area contributed by atoms with Gasteiger partial charge in [-0.05, 0) is 67.3 Å². The molecule has 0 spiro atoms. The second-order valence-corrected chi connectivity index (χ2v) is 9.11. The second kappa shape index (κ2) is 12.7. The van der Waals surface area contributed by atoms with Crippen LogP contribution in [0.15, 0.2) is 60.7 Å². The molecule has 0 fully saturated rings. The Hall–Kier alpha value is -4.01. The van der Waals surface area contributed by atoms with Crippen LogP contribution in [0, 0.1) is 6.92 Å². The Morgan fingerprint density at radius 1 is 0.949 bits per heavy atom. The number of methoxy groups -OCH3 is 2. The van der Waals surface area contributed by atoms with Gasteiger partial charge in [0.05, 0.1) is 26.2 Å². The molecule has 9 heteroatoms. The lowest BCUT2D eigenvalue weighted by Gasteiger charge is -2.25. The molecule has 0 radical (unpaired) electrons. The lowest BCUT2D eigenvalue weighted by atomic mass is 9.94. The summed E-state index contributed by atoms with van der Waals surface area (Å²) in [5, 5.41) is 0. The van der Waals surface area contributed by atoms with E-state index in [-0.39, 0.29) is 25.1 Å². The molecule has 0 aliphatic rings. The van der Waals surface area contributed by atoms with E-state index in [4.69, 9.17) is 14.2 Å². The number of rotatable bonds is 9. The fraction of sp³-hybridized carbons (Fsp3) is 0.333. The molecule has 0 saturated heterocycles. The molecule has 0 aliphatic carbocycles. The third-order valence-electron chi connectivity index (χ3n) is 6.39. The third-order valence-corrected chi connectivity index (χ3v) is 6.39. The Morgan fingerprint density at radius 2 is 1.64 bits per heavy atom. The van der Waals surface area contributed by atoms with Crippen molar-refractivity contribution in [1.82, 2.24) is 4.90 Å². The number of amides is 1. The van der Waals surface area contributed by atoms with E-state index in [9.17, 15) is 22.8 Å². The molecule has 0 aromatic heterocycles. The fourth-order valence-electron chi connectivity index (χ4n) is 4.12. The maximum absolute atomic E-state index is 13.7. The molecule has 1 unspecified atom stereocenters. The lowest BCUT2D eigenvalue weighted by Crippen LogP contribution is -2.32. The summed E-state index contributed by atoms with van der Waals surface area (Å²) in [5.74, 6) is -0.0513. The van der Waals surface area contributed by atoms with Crippen molar-refractivity contribution in [2.24, 2.45) is 0 Å². The number of alkyl halides is 3. The van der Waals surface area contributed by atoms with Crippen molar-refractivity contribution in [2.75, 3.05) is 20.8 Å². The summed E-state index contributed by atoms with van der Waals surface area (Å²) >= 11 is 0. The van der Waals surface area contributed by atoms with E-state index in [1.165, 1.54) is 25.2 Å². The molecule has 3 aromatic rings. The average molecular weight is 544 g/mol. The van der Waals surface area contributed by atoms with Crippen molar-refractivity contribution >= 4 is 12.1 Å². The van der Waals surface area contributed by atoms with Gasteiger partial charge in [0, 0.05) is 18.7 Å². The van der Waals surface area contributed by atoms with Crippen LogP contribution in [0.3, 0.4) is 0 Å². The van der Waals surface area contributed by atoms with Gasteiger partial charge in [-0.1, -0.05) is 42.0 Å². The van der Waals surface area contributed by atoms with E-state index < -0.39 is 29.9 Å². The van der Waals surface area contributed by atoms with Gasteiger partial charge in [-0.25, -0.2) is 4.79 Å². The number of carbonyl (C=O) groups is 2. The first kappa shape index (κ1) is 29.5. The Labute approximate surface area is 226 Å². The molecule has 6 nitrogen and oxygen atoms in total. The lowest BCUT2D eigenvalue weighted by molar-refractivity contribution is -0.140. The van der Waals surface area contributed by atoms with Gasteiger partial charge in [0.1, 0.15) is 11.9 Å². The average Bonchev–Trinajstić information content (AvgIpc) is 2.91. The molecule has 0 N–H and O–H groups in total. The number of halogens is 3. The molecule has 0 saturated carbocycles. The van der Waals surface area contributed by atoms with Gasteiger partial charge in [-0.15, -0.1) is 0 Å². The monoisotopic (exact) mass is 543 g/mol. The van der Waals surface area contributed by atoms with Crippen LogP contribution in [-0.2, 0) is 33.4 Å². The van der Waals surface area contributed by atoms with Crippen molar-refractivity contribution in [3.05, 3.63) is 88.5 Å². The van der Waals surface area contributed by atoms with Crippen LogP contribution in [0.4, 0.5) is 18.0 Å². The van der Waals surface area contributed by atoms with Crippen molar-refractivity contribution in [3.63, 3.8) is 0 Å². The van der Waals surface area contributed by atoms with Crippen molar-refractivity contribution in [2.45, 2.75) is 46.0 Å². The first-order valence-corrected chi connectivity index (χ1v) is 12.4. The Morgan fingerprint density at radius 3 is 2.23 bits per heavy atom. The summed E-state index contributed by atoms with van der Waals surface area (Å²) in [6.45, 7) is 5.48. The molecule has 0 bridgehead atoms. The van der Waals surface area contributed by atoms with Crippen LogP contribution in [0.25, 0.3) is 11.1 Å². The van der Waals surface area contributed by atoms with Crippen molar-refractivity contribution in [1.29, 1.82) is 0 Å². The zero-order chi connectivity index (χ0) is 28.7. The second-order valence-electron chi connectivity index (χ2n) is 9.11. The number of esters is 1. The predicted molar refractivity (Wildman–Crippen MR) is 141 cm³/mol. The highest BCUT2D eigenvalue weighted by molar-refractivity contribution is 5.78. The summed E-state index contributed by atoms with van der Waals surface area (Å²) < 4.78 is 56.9. The Balaban J connectivity index is 2.00. The number of hydrogen-bond donors (Lipinski definition) is 0. The Bertz CT molecular complexity index is 1300. The van der Waals surface area contributed by atoms with E-state index >= 15 is 0 Å². The summed E-state index contributed by atoms with van der Waals surface area (Å²) in [4.78, 5) is 26.3. The number of benzene rings is 3. The van der Waals surface area contributed by atoms with Gasteiger partial charge in [0.2, 0.25) is 0 Å². The van der Waals surface area contributed by atoms with Gasteiger partial charge in [-0.3, -0.25) is 4.79 Å². The van der Waals surface area contributed by atoms with Gasteiger partial charge >= 0.3 is 18.2 Å². The molecule has 0 heterocycles. The molecule has 1 atom stereocenters. The summed E-state index contributed by atoms with van der Waals surface area (Å²) in [7, 11) is 2.73. The molecule has 1 amide bonds. The highest BCUT2D eigenvalue weighted by atomic mass is 19.4. The zero-order valence-electron chi connectivity index (χ0n) is 22.6. The highest BCUT2D eigenvalue weighted by Gasteiger charge is 2.32. The van der Waals surface area contributed by atoms with Crippen LogP contribution in [0.5, 0.6) is 5.75 Å². The van der Waals surface area contributed by atoms with Crippen LogP contribution >= 0.6 is 0 Å². The minimum absolute atomic E-state index is 0.0201. The van der Waals surface area contributed by atoms with Crippen LogP contribution in [0.1, 0.15) is 47.8 Å². The van der Waals surface area contributed by atoms with Crippen LogP contribution in [-0.4, -0.2) is 37.7 Å². The van der Waals surface area contributed by atoms with Crippen LogP contribution < -0.4 is 4.74 Å². The van der Waals surface area contributed by atoms with E-state index in [2.05, 4.69) is 0 Å². The molecular formula is C30H32F3NO5. The van der Waals surface area contributed by atoms with Gasteiger partial charge in [0.25, 0.3) is 0 Å². The molecule has 3 aromatic carbocycles. The largest absolute Gasteiger partial charge is 0.496 e. The molecule has 3 rings (SSSR count). The minimum Gasteiger partial charge on any atom is -0.496 e. The van der Waals surface area contributed by atoms with Gasteiger partial charge in [0.15, 0.2) is 0 Å². The number of aryl methyl sites for hydroxylation is 1. The number of carbonyl (C=O) groups excluding carboxylic acids is 2. The van der Waals surface area contributed by atoms with Crippen molar-refractivity contribution in [3.8, 4) is 16.9 Å². The van der Waals surface area contributed by atoms with E-state index in [1.807, 2.05) is 31.2 Å². The Kier molecular flexibility index (Phi) is 9.61. The minimum atomic E-state index is -4.58. The SMILES string of the molecule is CCN(Cc1cc(C(F)(F)F)ccc1-c1cc(CC(=O)OC)ccc1OC)C(=O)OC(C)c1ccc(C)cc1. The van der Waals surface area contributed by atoms with E-state index in [0.29, 0.717) is 22.4 Å². The fourth-order valence-corrected chi connectivity index (χ4v) is 4.12. The molecule has 39 heavy (non-hydrogen) atoms. The normalized spacial score (nSPS) is 12.0. The van der Waals surface area contributed by atoms with E-state index in [1.54, 1.807) is 32.0 Å². The third kappa shape index (κ3) is 7.52. The summed E-state index contributed by atoms with van der Waals surface area (Å²) in [6.07, 6.45) is -5.81. The standard InChI is InChI=1S/C30H32F3NO5/c1-6-34(29(36)39-20(3)22-10-7-19(2)8-11-22)18-23-17-24(30(31,32)33)12-13-25(23)26-15-21(16-28(35)38-5)9-14-27(26)37-4/h7-15,17,20H,6,16,18H2,1-5H3. The smallest absolute Gasteiger partial charge is 0.416 e. The van der Waals surface area contributed by atoms with Crippen molar-refractivity contribution < 1.29 is 37.0 Å². The topological polar surface area (TPSA) is 65.1 Å². The number of hydrogen-bond acceptors (Lipinski definition) is 5. The van der Waals surface area contributed by atoms with Gasteiger partial charge in [-0.2, -0.15) is 13.2 Å². The molecular weight excluding hydrogens is 511 g/mol. The van der Waals surface area contributed by atoms with Crippen LogP contribution in [0.2, 0.25) is 0 Å². The van der Waals surface area contributed by atoms with E-state index in [0.717, 1.165) is 23.3 Å². The number of ether oxygens (including phenoxy) is 3. The maximum atomic E-state index is 13.7. The highest BCUT2D eigenvalue weighted by Crippen LogP contribution is 2.38. The maximum Gasteiger partial charge on any atom is 0.416 e. The zero-order valence-corrected chi connectivity index (χ0v) is 22.6.